The van der Waals surface area contributed by atoms with Crippen molar-refractivity contribution in [2.45, 2.75) is 11.8 Å². The molecule has 4 heteroatoms. The molecule has 3 atom stereocenters. The number of hydrogen-bond donors (Lipinski definition) is 1. The Kier molecular flexibility index (Phi) is 1.98. The summed E-state index contributed by atoms with van der Waals surface area (Å²) in [4.78, 5) is 9.10. The van der Waals surface area contributed by atoms with E-state index in [1.165, 1.54) is 0 Å². The summed E-state index contributed by atoms with van der Waals surface area (Å²) in [7, 11) is 0. The first-order chi connectivity index (χ1) is 9.29. The van der Waals surface area contributed by atoms with E-state index in [4.69, 9.17) is 10.5 Å². The molecule has 1 aromatic rings. The molecule has 0 aromatic heterocycles. The third-order valence-corrected chi connectivity index (χ3v) is 3.84. The largest absolute Gasteiger partial charge is 0.468 e. The summed E-state index contributed by atoms with van der Waals surface area (Å²) in [5.41, 5.74) is 6.46. The maximum absolute atomic E-state index is 5.96. The number of para-hydroxylation sites is 1. The molecule has 0 saturated heterocycles. The van der Waals surface area contributed by atoms with Gasteiger partial charge in [-0.15, -0.1) is 0 Å². The molecule has 3 heterocycles. The number of rotatable bonds is 0. The van der Waals surface area contributed by atoms with Crippen LogP contribution in [-0.4, -0.2) is 18.3 Å². The zero-order chi connectivity index (χ0) is 12.9. The lowest BCUT2D eigenvalue weighted by Gasteiger charge is -2.41. The van der Waals surface area contributed by atoms with Crippen LogP contribution in [0.15, 0.2) is 58.6 Å². The van der Waals surface area contributed by atoms with Crippen molar-refractivity contribution in [2.24, 2.45) is 21.6 Å². The molecule has 3 aliphatic heterocycles. The van der Waals surface area contributed by atoms with Gasteiger partial charge in [0.2, 0.25) is 0 Å². The average Bonchev–Trinajstić information content (AvgIpc) is 2.82. The number of aliphatic imine (C=N–C) groups is 2. The molecular formula is C15H13N3O. The van der Waals surface area contributed by atoms with Crippen LogP contribution in [0.4, 0.5) is 0 Å². The van der Waals surface area contributed by atoms with Crippen molar-refractivity contribution < 1.29 is 4.74 Å². The highest BCUT2D eigenvalue weighted by Crippen LogP contribution is 2.49. The third-order valence-electron chi connectivity index (χ3n) is 3.84. The van der Waals surface area contributed by atoms with E-state index in [9.17, 15) is 0 Å². The average molecular weight is 251 g/mol. The molecule has 0 fully saturated rings. The summed E-state index contributed by atoms with van der Waals surface area (Å²) >= 11 is 0. The Hall–Kier alpha value is -2.36. The van der Waals surface area contributed by atoms with E-state index in [2.05, 4.69) is 22.1 Å². The first-order valence-electron chi connectivity index (χ1n) is 6.30. The van der Waals surface area contributed by atoms with Crippen LogP contribution in [0.5, 0.6) is 5.75 Å². The highest BCUT2D eigenvalue weighted by atomic mass is 16.5. The Labute approximate surface area is 111 Å². The van der Waals surface area contributed by atoms with E-state index in [0.29, 0.717) is 5.84 Å². The molecule has 19 heavy (non-hydrogen) atoms. The van der Waals surface area contributed by atoms with Gasteiger partial charge in [-0.05, 0) is 24.3 Å². The van der Waals surface area contributed by atoms with E-state index < -0.39 is 5.54 Å². The van der Waals surface area contributed by atoms with Gasteiger partial charge in [0, 0.05) is 11.8 Å². The van der Waals surface area contributed by atoms with Gasteiger partial charge in [0.15, 0.2) is 6.23 Å². The highest BCUT2D eigenvalue weighted by Gasteiger charge is 2.49. The van der Waals surface area contributed by atoms with Crippen molar-refractivity contribution in [2.75, 3.05) is 0 Å². The Morgan fingerprint density at radius 1 is 1.26 bits per heavy atom. The lowest BCUT2D eigenvalue weighted by atomic mass is 9.75. The zero-order valence-corrected chi connectivity index (χ0v) is 10.2. The number of allylic oxidation sites excluding steroid dienone is 1. The molecule has 0 aliphatic carbocycles. The standard InChI is InChI=1S/C15H13N3O/c16-13-7-8-15(18-13)10-4-1-2-6-12(10)19-14-11(15)5-3-9-17-14/h1-9,11,14H,(H2,16,18). The number of amidine groups is 1. The van der Waals surface area contributed by atoms with Gasteiger partial charge in [0.05, 0.1) is 5.92 Å². The molecular weight excluding hydrogens is 238 g/mol. The second kappa shape index (κ2) is 3.57. The van der Waals surface area contributed by atoms with Crippen LogP contribution in [0.1, 0.15) is 5.56 Å². The monoisotopic (exact) mass is 251 g/mol. The van der Waals surface area contributed by atoms with Crippen LogP contribution in [0.2, 0.25) is 0 Å². The lowest BCUT2D eigenvalue weighted by Crippen LogP contribution is -2.44. The fraction of sp³-hybridized carbons (Fsp3) is 0.200. The first-order valence-corrected chi connectivity index (χ1v) is 6.30. The van der Waals surface area contributed by atoms with E-state index >= 15 is 0 Å². The number of benzene rings is 1. The van der Waals surface area contributed by atoms with Crippen molar-refractivity contribution in [1.29, 1.82) is 0 Å². The van der Waals surface area contributed by atoms with E-state index in [1.807, 2.05) is 36.4 Å². The van der Waals surface area contributed by atoms with Crippen LogP contribution < -0.4 is 10.5 Å². The van der Waals surface area contributed by atoms with Gasteiger partial charge >= 0.3 is 0 Å². The Morgan fingerprint density at radius 3 is 3.00 bits per heavy atom. The fourth-order valence-electron chi connectivity index (χ4n) is 3.01. The van der Waals surface area contributed by atoms with Gasteiger partial charge in [-0.1, -0.05) is 24.3 Å². The van der Waals surface area contributed by atoms with Crippen LogP contribution in [0, 0.1) is 5.92 Å². The lowest BCUT2D eigenvalue weighted by molar-refractivity contribution is 0.102. The summed E-state index contributed by atoms with van der Waals surface area (Å²) in [6.07, 6.45) is 9.50. The van der Waals surface area contributed by atoms with Gasteiger partial charge in [0.25, 0.3) is 0 Å². The number of ether oxygens (including phenoxy) is 1. The van der Waals surface area contributed by atoms with Crippen molar-refractivity contribution in [1.82, 2.24) is 0 Å². The molecule has 3 aliphatic rings. The number of nitrogens with zero attached hydrogens (tertiary/aromatic N) is 2. The van der Waals surface area contributed by atoms with Gasteiger partial charge in [-0.2, -0.15) is 0 Å². The summed E-state index contributed by atoms with van der Waals surface area (Å²) in [6.45, 7) is 0. The normalized spacial score (nSPS) is 33.8. The highest BCUT2D eigenvalue weighted by molar-refractivity contribution is 5.94. The Bertz CT molecular complexity index is 659. The third kappa shape index (κ3) is 1.34. The molecule has 0 bridgehead atoms. The summed E-state index contributed by atoms with van der Waals surface area (Å²) in [5.74, 6) is 1.43. The van der Waals surface area contributed by atoms with Crippen molar-refractivity contribution in [3.8, 4) is 5.75 Å². The zero-order valence-electron chi connectivity index (χ0n) is 10.2. The van der Waals surface area contributed by atoms with Crippen molar-refractivity contribution >= 4 is 12.1 Å². The molecule has 1 spiro atoms. The molecule has 3 unspecified atom stereocenters. The molecule has 4 nitrogen and oxygen atoms in total. The van der Waals surface area contributed by atoms with Gasteiger partial charge in [-0.3, -0.25) is 4.99 Å². The molecule has 4 rings (SSSR count). The minimum atomic E-state index is -0.474. The Balaban J connectivity index is 1.98. The number of hydrogen-bond acceptors (Lipinski definition) is 4. The molecule has 0 amide bonds. The second-order valence-corrected chi connectivity index (χ2v) is 4.91. The fourth-order valence-corrected chi connectivity index (χ4v) is 3.01. The van der Waals surface area contributed by atoms with Crippen molar-refractivity contribution in [3.63, 3.8) is 0 Å². The number of fused-ring (bicyclic) bond motifs is 4. The van der Waals surface area contributed by atoms with Crippen molar-refractivity contribution in [3.05, 3.63) is 54.1 Å². The van der Waals surface area contributed by atoms with Crippen LogP contribution in [0.25, 0.3) is 0 Å². The first kappa shape index (κ1) is 10.6. The molecule has 94 valence electrons. The summed E-state index contributed by atoms with van der Waals surface area (Å²) < 4.78 is 5.96. The van der Waals surface area contributed by atoms with E-state index in [-0.39, 0.29) is 12.1 Å². The van der Waals surface area contributed by atoms with Gasteiger partial charge in [0.1, 0.15) is 17.1 Å². The molecule has 0 saturated carbocycles. The maximum Gasteiger partial charge on any atom is 0.198 e. The number of nitrogens with two attached hydrogens (primary N) is 1. The smallest absolute Gasteiger partial charge is 0.198 e. The molecule has 2 N–H and O–H groups in total. The minimum Gasteiger partial charge on any atom is -0.468 e. The minimum absolute atomic E-state index is 0.0460. The summed E-state index contributed by atoms with van der Waals surface area (Å²) in [6, 6.07) is 7.96. The maximum atomic E-state index is 5.96. The topological polar surface area (TPSA) is 60.0 Å². The SMILES string of the molecule is NC1=NC2(C=C1)c1ccccc1OC1N=CC=CC12. The molecule has 0 radical (unpaired) electrons. The van der Waals surface area contributed by atoms with Gasteiger partial charge < -0.3 is 10.5 Å². The predicted octanol–water partition coefficient (Wildman–Crippen LogP) is 1.78. The summed E-state index contributed by atoms with van der Waals surface area (Å²) in [5, 5.41) is 0. The Morgan fingerprint density at radius 2 is 2.16 bits per heavy atom. The molecule has 1 aromatic carbocycles. The number of dihydropyridines is 1. The second-order valence-electron chi connectivity index (χ2n) is 4.91. The van der Waals surface area contributed by atoms with Crippen LogP contribution in [-0.2, 0) is 5.54 Å². The van der Waals surface area contributed by atoms with Crippen LogP contribution >= 0.6 is 0 Å². The van der Waals surface area contributed by atoms with E-state index in [1.54, 1.807) is 6.21 Å². The quantitative estimate of drug-likeness (QED) is 0.764. The van der Waals surface area contributed by atoms with E-state index in [0.717, 1.165) is 11.3 Å². The van der Waals surface area contributed by atoms with Crippen LogP contribution in [0.3, 0.4) is 0 Å². The van der Waals surface area contributed by atoms with Gasteiger partial charge in [-0.25, -0.2) is 4.99 Å². The predicted molar refractivity (Wildman–Crippen MR) is 74.4 cm³/mol.